The van der Waals surface area contributed by atoms with Gasteiger partial charge in [-0.15, -0.1) is 0 Å². The molecule has 46 heavy (non-hydrogen) atoms. The van der Waals surface area contributed by atoms with Gasteiger partial charge in [-0.1, -0.05) is 147 Å². The van der Waals surface area contributed by atoms with E-state index < -0.39 is 6.10 Å². The minimum absolute atomic E-state index is 0.0723. The second kappa shape index (κ2) is 37.6. The second-order valence-corrected chi connectivity index (χ2v) is 13.0. The maximum absolute atomic E-state index is 12.1. The number of rotatable bonds is 35. The molecule has 1 N–H and O–H groups in total. The van der Waals surface area contributed by atoms with Gasteiger partial charge in [0.25, 0.3) is 0 Å². The lowest BCUT2D eigenvalue weighted by molar-refractivity contribution is -0.161. The van der Waals surface area contributed by atoms with E-state index >= 15 is 0 Å². The molecule has 0 spiro atoms. The van der Waals surface area contributed by atoms with Crippen LogP contribution < -0.4 is 0 Å². The third kappa shape index (κ3) is 35.0. The fraction of sp³-hybridized carbons (Fsp3) is 0.805. The van der Waals surface area contributed by atoms with Gasteiger partial charge in [0.15, 0.2) is 6.10 Å². The Morgan fingerprint density at radius 3 is 1.35 bits per heavy atom. The number of unbranched alkanes of at least 4 members (excludes halogenated alkanes) is 21. The lowest BCUT2D eigenvalue weighted by atomic mass is 10.1. The molecule has 0 radical (unpaired) electrons. The van der Waals surface area contributed by atoms with E-state index in [0.29, 0.717) is 12.8 Å². The first-order chi connectivity index (χ1) is 22.6. The van der Waals surface area contributed by atoms with Crippen molar-refractivity contribution in [2.45, 2.75) is 200 Å². The van der Waals surface area contributed by atoms with E-state index in [-0.39, 0.29) is 25.2 Å². The van der Waals surface area contributed by atoms with Gasteiger partial charge in [0.1, 0.15) is 6.61 Å². The van der Waals surface area contributed by atoms with Crippen molar-refractivity contribution in [3.05, 3.63) is 36.5 Å². The monoisotopic (exact) mass is 647 g/mol. The molecule has 0 heterocycles. The lowest BCUT2D eigenvalue weighted by Gasteiger charge is -2.15. The highest BCUT2D eigenvalue weighted by Crippen LogP contribution is 2.13. The molecule has 268 valence electrons. The highest BCUT2D eigenvalue weighted by atomic mass is 16.6. The predicted octanol–water partition coefficient (Wildman–Crippen LogP) is 12.1. The fourth-order valence-electron chi connectivity index (χ4n) is 5.40. The Balaban J connectivity index is 3.58. The molecule has 5 nitrogen and oxygen atoms in total. The summed E-state index contributed by atoms with van der Waals surface area (Å²) in [6.45, 7) is 4.09. The van der Waals surface area contributed by atoms with Crippen molar-refractivity contribution in [3.63, 3.8) is 0 Å². The Labute approximate surface area is 285 Å². The van der Waals surface area contributed by atoms with Crippen molar-refractivity contribution in [3.8, 4) is 0 Å². The smallest absolute Gasteiger partial charge is 0.306 e. The van der Waals surface area contributed by atoms with Crippen molar-refractivity contribution in [2.75, 3.05) is 13.2 Å². The van der Waals surface area contributed by atoms with E-state index in [0.717, 1.165) is 57.8 Å². The van der Waals surface area contributed by atoms with E-state index in [1.165, 1.54) is 109 Å². The summed E-state index contributed by atoms with van der Waals surface area (Å²) in [6.07, 6.45) is 44.8. The fourth-order valence-corrected chi connectivity index (χ4v) is 5.40. The number of allylic oxidation sites excluding steroid dienone is 6. The average molecular weight is 647 g/mol. The van der Waals surface area contributed by atoms with Crippen LogP contribution in [-0.4, -0.2) is 36.4 Å². The van der Waals surface area contributed by atoms with Crippen LogP contribution in [0.25, 0.3) is 0 Å². The van der Waals surface area contributed by atoms with Crippen LogP contribution in [0.2, 0.25) is 0 Å². The normalized spacial score (nSPS) is 12.5. The molecule has 0 aromatic rings. The van der Waals surface area contributed by atoms with E-state index in [1.807, 2.05) is 0 Å². The molecule has 0 aliphatic rings. The van der Waals surface area contributed by atoms with Gasteiger partial charge < -0.3 is 14.6 Å². The van der Waals surface area contributed by atoms with Crippen molar-refractivity contribution < 1.29 is 24.2 Å². The first-order valence-corrected chi connectivity index (χ1v) is 19.5. The Hall–Kier alpha value is -1.88. The second-order valence-electron chi connectivity index (χ2n) is 13.0. The maximum Gasteiger partial charge on any atom is 0.306 e. The lowest BCUT2D eigenvalue weighted by Crippen LogP contribution is -2.28. The number of esters is 2. The first kappa shape index (κ1) is 44.1. The molecule has 5 heteroatoms. The highest BCUT2D eigenvalue weighted by molar-refractivity contribution is 5.70. The van der Waals surface area contributed by atoms with Gasteiger partial charge in [0.05, 0.1) is 6.61 Å². The van der Waals surface area contributed by atoms with Gasteiger partial charge in [-0.3, -0.25) is 9.59 Å². The van der Waals surface area contributed by atoms with E-state index in [4.69, 9.17) is 9.47 Å². The quantitative estimate of drug-likeness (QED) is 0.0421. The number of hydrogen-bond donors (Lipinski definition) is 1. The molecule has 0 fully saturated rings. The third-order valence-corrected chi connectivity index (χ3v) is 8.41. The number of aliphatic hydroxyl groups excluding tert-OH is 1. The molecule has 0 aromatic carbocycles. The van der Waals surface area contributed by atoms with Gasteiger partial charge >= 0.3 is 11.9 Å². The Morgan fingerprint density at radius 2 is 0.870 bits per heavy atom. The summed E-state index contributed by atoms with van der Waals surface area (Å²) in [7, 11) is 0. The Bertz CT molecular complexity index is 741. The molecule has 1 atom stereocenters. The van der Waals surface area contributed by atoms with Crippen molar-refractivity contribution in [2.24, 2.45) is 0 Å². The van der Waals surface area contributed by atoms with Crippen molar-refractivity contribution in [1.82, 2.24) is 0 Å². The number of carbonyl (C=O) groups excluding carboxylic acids is 2. The molecule has 0 rings (SSSR count). The summed E-state index contributed by atoms with van der Waals surface area (Å²) in [6, 6.07) is 0. The molecule has 0 aliphatic carbocycles. The van der Waals surface area contributed by atoms with Gasteiger partial charge in [-0.05, 0) is 70.6 Å². The van der Waals surface area contributed by atoms with Crippen LogP contribution in [0.1, 0.15) is 194 Å². The highest BCUT2D eigenvalue weighted by Gasteiger charge is 2.16. The minimum Gasteiger partial charge on any atom is -0.462 e. The molecular formula is C41H74O5. The summed E-state index contributed by atoms with van der Waals surface area (Å²) in [5, 5.41) is 9.54. The van der Waals surface area contributed by atoms with Gasteiger partial charge in [-0.25, -0.2) is 0 Å². The topological polar surface area (TPSA) is 72.8 Å². The zero-order valence-corrected chi connectivity index (χ0v) is 30.3. The molecule has 0 bridgehead atoms. The zero-order chi connectivity index (χ0) is 33.6. The largest absolute Gasteiger partial charge is 0.462 e. The number of aliphatic hydroxyl groups is 1. The summed E-state index contributed by atoms with van der Waals surface area (Å²) in [5.41, 5.74) is 0. The van der Waals surface area contributed by atoms with Crippen LogP contribution in [-0.2, 0) is 19.1 Å². The van der Waals surface area contributed by atoms with Crippen LogP contribution >= 0.6 is 0 Å². The SMILES string of the molecule is CCCCCC=CCC=CCCCCCCCCCC(=O)OC[C@H](CO)OC(=O)CCCCCCCC=CCCCCCCCC. The van der Waals surface area contributed by atoms with E-state index in [9.17, 15) is 14.7 Å². The molecule has 0 unspecified atom stereocenters. The van der Waals surface area contributed by atoms with Crippen LogP contribution in [0.3, 0.4) is 0 Å². The minimum atomic E-state index is -0.776. The summed E-state index contributed by atoms with van der Waals surface area (Å²) in [5.74, 6) is -0.608. The third-order valence-electron chi connectivity index (χ3n) is 8.41. The first-order valence-electron chi connectivity index (χ1n) is 19.5. The molecule has 0 aliphatic heterocycles. The summed E-state index contributed by atoms with van der Waals surface area (Å²) in [4.78, 5) is 24.2. The maximum atomic E-state index is 12.1. The predicted molar refractivity (Wildman–Crippen MR) is 196 cm³/mol. The average Bonchev–Trinajstić information content (AvgIpc) is 3.06. The molecular weight excluding hydrogens is 572 g/mol. The van der Waals surface area contributed by atoms with Gasteiger partial charge in [0.2, 0.25) is 0 Å². The van der Waals surface area contributed by atoms with Crippen LogP contribution in [0.5, 0.6) is 0 Å². The molecule has 0 amide bonds. The number of carbonyl (C=O) groups is 2. The van der Waals surface area contributed by atoms with Gasteiger partial charge in [-0.2, -0.15) is 0 Å². The standard InChI is InChI=1S/C41H74O5/c1-3-5-7-9-11-13-15-17-19-20-22-23-25-27-29-31-33-35-40(43)45-38-39(37-42)46-41(44)36-34-32-30-28-26-24-21-18-16-14-12-10-8-6-4-2/h11,13,17-19,21,39,42H,3-10,12,14-16,20,22-38H2,1-2H3/t39-/m0/s1. The molecule has 0 saturated heterocycles. The van der Waals surface area contributed by atoms with Crippen LogP contribution in [0.15, 0.2) is 36.5 Å². The van der Waals surface area contributed by atoms with Crippen LogP contribution in [0.4, 0.5) is 0 Å². The number of ether oxygens (including phenoxy) is 2. The van der Waals surface area contributed by atoms with Crippen molar-refractivity contribution in [1.29, 1.82) is 0 Å². The Morgan fingerprint density at radius 1 is 0.500 bits per heavy atom. The van der Waals surface area contributed by atoms with Crippen LogP contribution in [0, 0.1) is 0 Å². The summed E-state index contributed by atoms with van der Waals surface area (Å²) < 4.78 is 10.6. The van der Waals surface area contributed by atoms with Crippen molar-refractivity contribution >= 4 is 11.9 Å². The zero-order valence-electron chi connectivity index (χ0n) is 30.3. The number of hydrogen-bond acceptors (Lipinski definition) is 5. The molecule has 0 aromatic heterocycles. The Kier molecular flexibility index (Phi) is 36.0. The molecule has 0 saturated carbocycles. The van der Waals surface area contributed by atoms with Gasteiger partial charge in [0, 0.05) is 12.8 Å². The van der Waals surface area contributed by atoms with E-state index in [1.54, 1.807) is 0 Å². The van der Waals surface area contributed by atoms with E-state index in [2.05, 4.69) is 50.3 Å². The summed E-state index contributed by atoms with van der Waals surface area (Å²) >= 11 is 0.